The van der Waals surface area contributed by atoms with Gasteiger partial charge in [0.2, 0.25) is 0 Å². The molecule has 1 aliphatic rings. The van der Waals surface area contributed by atoms with Crippen LogP contribution in [0.5, 0.6) is 0 Å². The molecule has 0 spiro atoms. The number of anilines is 1. The second-order valence-corrected chi connectivity index (χ2v) is 6.51. The Labute approximate surface area is 144 Å². The van der Waals surface area contributed by atoms with Crippen LogP contribution in [-0.2, 0) is 24.2 Å². The van der Waals surface area contributed by atoms with E-state index >= 15 is 0 Å². The number of aliphatic carboxylic acids is 1. The van der Waals surface area contributed by atoms with Gasteiger partial charge in [-0.1, -0.05) is 31.7 Å². The lowest BCUT2D eigenvalue weighted by Gasteiger charge is -2.31. The number of hydrogen-bond donors (Lipinski definition) is 1. The lowest BCUT2D eigenvalue weighted by molar-refractivity contribution is -0.136. The number of carbonyl (C=O) groups is 1. The Hall–Kier alpha value is -2.29. The van der Waals surface area contributed by atoms with Crippen molar-refractivity contribution in [1.29, 1.82) is 0 Å². The lowest BCUT2D eigenvalue weighted by Crippen LogP contribution is -2.30. The fourth-order valence-electron chi connectivity index (χ4n) is 3.37. The van der Waals surface area contributed by atoms with Crippen molar-refractivity contribution in [3.05, 3.63) is 64.2 Å². The zero-order valence-electron chi connectivity index (χ0n) is 13.8. The number of rotatable bonds is 4. The first-order valence-electron chi connectivity index (χ1n) is 8.17. The van der Waals surface area contributed by atoms with Gasteiger partial charge in [-0.25, -0.2) is 0 Å². The lowest BCUT2D eigenvalue weighted by atomic mass is 9.95. The zero-order chi connectivity index (χ0) is 16.4. The van der Waals surface area contributed by atoms with Crippen LogP contribution in [0.2, 0.25) is 0 Å². The van der Waals surface area contributed by atoms with E-state index in [1.807, 2.05) is 0 Å². The second kappa shape index (κ2) is 7.52. The van der Waals surface area contributed by atoms with Gasteiger partial charge in [0.1, 0.15) is 0 Å². The predicted molar refractivity (Wildman–Crippen MR) is 99.8 cm³/mol. The minimum atomic E-state index is -0.736. The van der Waals surface area contributed by atoms with Gasteiger partial charge in [0.15, 0.2) is 0 Å². The molecule has 0 unspecified atom stereocenters. The van der Waals surface area contributed by atoms with Crippen LogP contribution in [0.15, 0.2) is 36.4 Å². The maximum Gasteiger partial charge on any atom is 0.303 e. The smallest absolute Gasteiger partial charge is 0.303 e. The van der Waals surface area contributed by atoms with E-state index in [2.05, 4.69) is 55.1 Å². The molecule has 128 valence electrons. The highest BCUT2D eigenvalue weighted by molar-refractivity contribution is 5.67. The molecule has 0 saturated heterocycles. The van der Waals surface area contributed by atoms with Crippen molar-refractivity contribution < 1.29 is 9.90 Å². The Morgan fingerprint density at radius 1 is 1.08 bits per heavy atom. The number of hydrogen-bond acceptors (Lipinski definition) is 2. The Kier molecular flexibility index (Phi) is 5.66. The quantitative estimate of drug-likeness (QED) is 0.898. The predicted octanol–water partition coefficient (Wildman–Crippen LogP) is 4.52. The molecular weight excluding hydrogens is 298 g/mol. The minimum Gasteiger partial charge on any atom is -0.481 e. The molecule has 0 radical (unpaired) electrons. The van der Waals surface area contributed by atoms with Crippen molar-refractivity contribution in [3.8, 4) is 0 Å². The molecule has 3 nitrogen and oxygen atoms in total. The fraction of sp³-hybridized carbons (Fsp3) is 0.381. The van der Waals surface area contributed by atoms with Crippen LogP contribution in [0.4, 0.5) is 5.69 Å². The largest absolute Gasteiger partial charge is 0.481 e. The first-order chi connectivity index (χ1) is 11.0. The summed E-state index contributed by atoms with van der Waals surface area (Å²) in [5.74, 6) is -0.736. The summed E-state index contributed by atoms with van der Waals surface area (Å²) < 4.78 is 0. The molecule has 0 saturated carbocycles. The van der Waals surface area contributed by atoms with Crippen LogP contribution in [0.25, 0.3) is 0 Å². The third-order valence-electron chi connectivity index (χ3n) is 4.48. The van der Waals surface area contributed by atoms with Crippen molar-refractivity contribution in [3.63, 3.8) is 0 Å². The van der Waals surface area contributed by atoms with Gasteiger partial charge >= 0.3 is 5.97 Å². The summed E-state index contributed by atoms with van der Waals surface area (Å²) in [6, 6.07) is 13.1. The number of benzene rings is 2. The summed E-state index contributed by atoms with van der Waals surface area (Å²) >= 11 is 0. The Morgan fingerprint density at radius 2 is 1.79 bits per heavy atom. The molecule has 0 fully saturated rings. The van der Waals surface area contributed by atoms with E-state index in [1.54, 1.807) is 0 Å². The van der Waals surface area contributed by atoms with Crippen LogP contribution < -0.4 is 4.90 Å². The summed E-state index contributed by atoms with van der Waals surface area (Å²) in [5, 5.41) is 8.85. The summed E-state index contributed by atoms with van der Waals surface area (Å²) in [5.41, 5.74) is 7.71. The summed E-state index contributed by atoms with van der Waals surface area (Å²) in [7, 11) is 0. The Balaban J connectivity index is 0.00000208. The van der Waals surface area contributed by atoms with E-state index in [-0.39, 0.29) is 13.8 Å². The van der Waals surface area contributed by atoms with E-state index < -0.39 is 5.97 Å². The molecule has 0 aliphatic carbocycles. The maximum atomic E-state index is 10.8. The van der Waals surface area contributed by atoms with Gasteiger partial charge in [0.05, 0.1) is 0 Å². The highest BCUT2D eigenvalue weighted by Gasteiger charge is 2.17. The van der Waals surface area contributed by atoms with E-state index in [0.29, 0.717) is 6.42 Å². The third kappa shape index (κ3) is 4.16. The molecule has 1 heterocycles. The molecule has 0 amide bonds. The van der Waals surface area contributed by atoms with Crippen LogP contribution in [0, 0.1) is 13.8 Å². The van der Waals surface area contributed by atoms with Crippen LogP contribution in [0.3, 0.4) is 0 Å². The number of aryl methyl sites for hydroxylation is 3. The minimum absolute atomic E-state index is 0. The summed E-state index contributed by atoms with van der Waals surface area (Å²) in [6.07, 6.45) is 1.84. The first kappa shape index (κ1) is 18.1. The molecule has 3 heteroatoms. The zero-order valence-corrected chi connectivity index (χ0v) is 13.8. The number of nitrogens with zero attached hydrogens (tertiary/aromatic N) is 1. The molecule has 1 aliphatic heterocycles. The van der Waals surface area contributed by atoms with Gasteiger partial charge in [-0.15, -0.1) is 0 Å². The number of carboxylic acid groups (broad SMARTS) is 1. The Bertz CT molecular complexity index is 716. The highest BCUT2D eigenvalue weighted by Crippen LogP contribution is 2.27. The standard InChI is InChI=1S/C20H23NO2.CH4/c1-14-9-15(2)11-19(10-14)21-8-7-17-5-3-16(4-6-20(22)23)12-18(17)13-21;/h3,5,9-12H,4,6-8,13H2,1-2H3,(H,22,23);1H4. The highest BCUT2D eigenvalue weighted by atomic mass is 16.4. The molecule has 2 aromatic rings. The molecule has 3 rings (SSSR count). The second-order valence-electron chi connectivity index (χ2n) is 6.51. The van der Waals surface area contributed by atoms with E-state index in [1.165, 1.54) is 27.9 Å². The van der Waals surface area contributed by atoms with Crippen LogP contribution in [-0.4, -0.2) is 17.6 Å². The van der Waals surface area contributed by atoms with Crippen molar-refractivity contribution in [1.82, 2.24) is 0 Å². The average Bonchev–Trinajstić information content (AvgIpc) is 2.51. The monoisotopic (exact) mass is 325 g/mol. The van der Waals surface area contributed by atoms with Gasteiger partial charge < -0.3 is 10.0 Å². The van der Waals surface area contributed by atoms with Crippen molar-refractivity contribution in [2.75, 3.05) is 11.4 Å². The topological polar surface area (TPSA) is 40.5 Å². The molecule has 1 N–H and O–H groups in total. The van der Waals surface area contributed by atoms with Gasteiger partial charge in [0.25, 0.3) is 0 Å². The molecule has 0 aromatic heterocycles. The molecule has 24 heavy (non-hydrogen) atoms. The molecule has 0 atom stereocenters. The number of fused-ring (bicyclic) bond motifs is 1. The first-order valence-corrected chi connectivity index (χ1v) is 8.17. The van der Waals surface area contributed by atoms with Gasteiger partial charge in [-0.3, -0.25) is 4.79 Å². The van der Waals surface area contributed by atoms with Crippen LogP contribution >= 0.6 is 0 Å². The van der Waals surface area contributed by atoms with Crippen molar-refractivity contribution in [2.24, 2.45) is 0 Å². The molecular formula is C21H27NO2. The van der Waals surface area contributed by atoms with Crippen molar-refractivity contribution >= 4 is 11.7 Å². The summed E-state index contributed by atoms with van der Waals surface area (Å²) in [6.45, 7) is 6.21. The van der Waals surface area contributed by atoms with E-state index in [9.17, 15) is 4.79 Å². The fourth-order valence-corrected chi connectivity index (χ4v) is 3.37. The summed E-state index contributed by atoms with van der Waals surface area (Å²) in [4.78, 5) is 13.2. The van der Waals surface area contributed by atoms with Gasteiger partial charge in [0, 0.05) is 25.2 Å². The normalized spacial score (nSPS) is 13.2. The van der Waals surface area contributed by atoms with E-state index in [0.717, 1.165) is 25.1 Å². The van der Waals surface area contributed by atoms with Crippen molar-refractivity contribution in [2.45, 2.75) is 47.1 Å². The van der Waals surface area contributed by atoms with E-state index in [4.69, 9.17) is 5.11 Å². The van der Waals surface area contributed by atoms with Gasteiger partial charge in [-0.2, -0.15) is 0 Å². The van der Waals surface area contributed by atoms with Gasteiger partial charge in [-0.05, 0) is 66.6 Å². The maximum absolute atomic E-state index is 10.8. The van der Waals surface area contributed by atoms with Crippen LogP contribution in [0.1, 0.15) is 41.7 Å². The molecule has 2 aromatic carbocycles. The molecule has 0 bridgehead atoms. The third-order valence-corrected chi connectivity index (χ3v) is 4.48. The SMILES string of the molecule is C.Cc1cc(C)cc(N2CCc3ccc(CCC(=O)O)cc3C2)c1. The Morgan fingerprint density at radius 3 is 2.46 bits per heavy atom. The number of carboxylic acids is 1. The average molecular weight is 325 g/mol.